The van der Waals surface area contributed by atoms with Gasteiger partial charge in [-0.15, -0.1) is 0 Å². The largest absolute Gasteiger partial charge is 0.352 e. The molecule has 1 heterocycles. The van der Waals surface area contributed by atoms with Crippen LogP contribution in [-0.4, -0.2) is 23.0 Å². The molecule has 1 aliphatic rings. The number of rotatable bonds is 3. The fraction of sp³-hybridized carbons (Fsp3) is 0.857. The molecule has 2 N–H and O–H groups in total. The molecule has 1 amide bonds. The van der Waals surface area contributed by atoms with E-state index in [0.717, 1.165) is 12.8 Å². The van der Waals surface area contributed by atoms with Gasteiger partial charge in [0, 0.05) is 17.1 Å². The van der Waals surface area contributed by atoms with Crippen LogP contribution in [0.2, 0.25) is 0 Å². The van der Waals surface area contributed by atoms with E-state index < -0.39 is 5.92 Å². The molecule has 1 atom stereocenters. The van der Waals surface area contributed by atoms with Crippen LogP contribution < -0.4 is 10.6 Å². The predicted octanol–water partition coefficient (Wildman–Crippen LogP) is 1.96. The van der Waals surface area contributed by atoms with Crippen molar-refractivity contribution in [2.24, 2.45) is 5.92 Å². The molecule has 4 nitrogen and oxygen atoms in total. The molecule has 0 radical (unpaired) electrons. The number of nitrogens with one attached hydrogen (secondary N) is 2. The molecule has 4 heteroatoms. The van der Waals surface area contributed by atoms with Gasteiger partial charge in [0.25, 0.3) is 0 Å². The summed E-state index contributed by atoms with van der Waals surface area (Å²) in [5.74, 6) is -0.649. The van der Waals surface area contributed by atoms with Crippen LogP contribution in [0.1, 0.15) is 53.9 Å². The molecule has 0 aromatic carbocycles. The summed E-state index contributed by atoms with van der Waals surface area (Å²) in [4.78, 5) is 11.9. The number of nitriles is 1. The van der Waals surface area contributed by atoms with Crippen LogP contribution in [0.4, 0.5) is 0 Å². The van der Waals surface area contributed by atoms with E-state index in [0.29, 0.717) is 6.42 Å². The van der Waals surface area contributed by atoms with Crippen molar-refractivity contribution in [3.8, 4) is 6.07 Å². The van der Waals surface area contributed by atoms with Gasteiger partial charge >= 0.3 is 0 Å². The lowest BCUT2D eigenvalue weighted by molar-refractivity contribution is -0.124. The van der Waals surface area contributed by atoms with Gasteiger partial charge in [-0.25, -0.2) is 0 Å². The van der Waals surface area contributed by atoms with E-state index in [-0.39, 0.29) is 23.0 Å². The summed E-state index contributed by atoms with van der Waals surface area (Å²) in [6.07, 6.45) is 2.36. The molecule has 102 valence electrons. The molecule has 0 spiro atoms. The topological polar surface area (TPSA) is 64.9 Å². The summed E-state index contributed by atoms with van der Waals surface area (Å²) >= 11 is 0. The summed E-state index contributed by atoms with van der Waals surface area (Å²) in [6, 6.07) is 2.20. The Hall–Kier alpha value is -1.08. The summed E-state index contributed by atoms with van der Waals surface area (Å²) in [7, 11) is 0. The zero-order valence-corrected chi connectivity index (χ0v) is 12.1. The zero-order valence-electron chi connectivity index (χ0n) is 12.1. The molecule has 0 saturated carbocycles. The SMILES string of the molecule is CCC(C#N)C(=O)NC1CC(C)(C)NC(C)(C)C1. The highest BCUT2D eigenvalue weighted by atomic mass is 16.1. The first kappa shape index (κ1) is 15.0. The van der Waals surface area contributed by atoms with Crippen LogP contribution in [0, 0.1) is 17.2 Å². The number of carbonyl (C=O) groups excluding carboxylic acids is 1. The van der Waals surface area contributed by atoms with Crippen LogP contribution >= 0.6 is 0 Å². The molecular formula is C14H25N3O. The summed E-state index contributed by atoms with van der Waals surface area (Å²) in [5, 5.41) is 15.5. The molecule has 0 aliphatic carbocycles. The lowest BCUT2D eigenvalue weighted by atomic mass is 9.79. The lowest BCUT2D eigenvalue weighted by Gasteiger charge is -2.46. The first-order chi connectivity index (χ1) is 8.19. The molecule has 0 bridgehead atoms. The first-order valence-corrected chi connectivity index (χ1v) is 6.68. The van der Waals surface area contributed by atoms with Crippen molar-refractivity contribution >= 4 is 5.91 Å². The minimum Gasteiger partial charge on any atom is -0.352 e. The monoisotopic (exact) mass is 251 g/mol. The number of hydrogen-bond acceptors (Lipinski definition) is 3. The molecule has 18 heavy (non-hydrogen) atoms. The Kier molecular flexibility index (Phi) is 4.39. The fourth-order valence-corrected chi connectivity index (χ4v) is 3.06. The second kappa shape index (κ2) is 5.27. The zero-order chi connectivity index (χ0) is 14.0. The second-order valence-corrected chi connectivity index (χ2v) is 6.60. The van der Waals surface area contributed by atoms with Gasteiger partial charge in [-0.1, -0.05) is 6.92 Å². The van der Waals surface area contributed by atoms with Gasteiger partial charge < -0.3 is 10.6 Å². The number of nitrogens with zero attached hydrogens (tertiary/aromatic N) is 1. The Balaban J connectivity index is 2.68. The van der Waals surface area contributed by atoms with Gasteiger partial charge in [0.1, 0.15) is 5.92 Å². The Bertz CT molecular complexity index is 339. The van der Waals surface area contributed by atoms with Crippen LogP contribution in [0.25, 0.3) is 0 Å². The number of hydrogen-bond donors (Lipinski definition) is 2. The Labute approximate surface area is 110 Å². The van der Waals surface area contributed by atoms with Gasteiger partial charge in [0.15, 0.2) is 0 Å². The number of carbonyl (C=O) groups is 1. The van der Waals surface area contributed by atoms with E-state index in [1.54, 1.807) is 0 Å². The molecule has 1 saturated heterocycles. The van der Waals surface area contributed by atoms with E-state index in [4.69, 9.17) is 5.26 Å². The maximum absolute atomic E-state index is 11.9. The van der Waals surface area contributed by atoms with E-state index in [1.807, 2.05) is 6.92 Å². The summed E-state index contributed by atoms with van der Waals surface area (Å²) in [5.41, 5.74) is 0.0160. The summed E-state index contributed by atoms with van der Waals surface area (Å²) < 4.78 is 0. The van der Waals surface area contributed by atoms with E-state index in [2.05, 4.69) is 44.4 Å². The molecule has 1 fully saturated rings. The maximum Gasteiger partial charge on any atom is 0.237 e. The molecular weight excluding hydrogens is 226 g/mol. The highest BCUT2D eigenvalue weighted by Gasteiger charge is 2.38. The molecule has 0 aromatic heterocycles. The molecule has 1 unspecified atom stereocenters. The fourth-order valence-electron chi connectivity index (χ4n) is 3.06. The van der Waals surface area contributed by atoms with Crippen molar-refractivity contribution in [2.75, 3.05) is 0 Å². The first-order valence-electron chi connectivity index (χ1n) is 6.68. The van der Waals surface area contributed by atoms with E-state index >= 15 is 0 Å². The maximum atomic E-state index is 11.9. The van der Waals surface area contributed by atoms with Gasteiger partial charge in [0.2, 0.25) is 5.91 Å². The van der Waals surface area contributed by atoms with Gasteiger partial charge in [-0.3, -0.25) is 4.79 Å². The average Bonchev–Trinajstić information content (AvgIpc) is 2.13. The van der Waals surface area contributed by atoms with Gasteiger partial charge in [0.05, 0.1) is 6.07 Å². The van der Waals surface area contributed by atoms with Crippen molar-refractivity contribution in [1.29, 1.82) is 5.26 Å². The standard InChI is InChI=1S/C14H25N3O/c1-6-10(9-15)12(18)16-11-7-13(2,3)17-14(4,5)8-11/h10-11,17H,6-8H2,1-5H3,(H,16,18). The van der Waals surface area contributed by atoms with Crippen molar-refractivity contribution in [3.63, 3.8) is 0 Å². The van der Waals surface area contributed by atoms with Crippen molar-refractivity contribution in [1.82, 2.24) is 10.6 Å². The highest BCUT2D eigenvalue weighted by Crippen LogP contribution is 2.28. The predicted molar refractivity (Wildman–Crippen MR) is 71.9 cm³/mol. The minimum absolute atomic E-state index is 0.00799. The normalized spacial score (nSPS) is 24.0. The molecule has 1 rings (SSSR count). The van der Waals surface area contributed by atoms with Gasteiger partial charge in [-0.2, -0.15) is 5.26 Å². The number of amides is 1. The van der Waals surface area contributed by atoms with Crippen LogP contribution in [0.3, 0.4) is 0 Å². The van der Waals surface area contributed by atoms with E-state index in [1.165, 1.54) is 0 Å². The highest BCUT2D eigenvalue weighted by molar-refractivity contribution is 5.81. The Morgan fingerprint density at radius 2 is 1.89 bits per heavy atom. The third-order valence-corrected chi connectivity index (χ3v) is 3.42. The van der Waals surface area contributed by atoms with Crippen LogP contribution in [0.15, 0.2) is 0 Å². The van der Waals surface area contributed by atoms with E-state index in [9.17, 15) is 4.79 Å². The average molecular weight is 251 g/mol. The third-order valence-electron chi connectivity index (χ3n) is 3.42. The smallest absolute Gasteiger partial charge is 0.237 e. The van der Waals surface area contributed by atoms with Crippen molar-refractivity contribution in [2.45, 2.75) is 71.0 Å². The Morgan fingerprint density at radius 3 is 2.28 bits per heavy atom. The quantitative estimate of drug-likeness (QED) is 0.806. The van der Waals surface area contributed by atoms with Crippen molar-refractivity contribution < 1.29 is 4.79 Å². The van der Waals surface area contributed by atoms with Crippen LogP contribution in [0.5, 0.6) is 0 Å². The van der Waals surface area contributed by atoms with Gasteiger partial charge in [-0.05, 0) is 47.0 Å². The second-order valence-electron chi connectivity index (χ2n) is 6.60. The minimum atomic E-state index is -0.522. The molecule has 0 aromatic rings. The number of piperidine rings is 1. The van der Waals surface area contributed by atoms with Crippen LogP contribution in [-0.2, 0) is 4.79 Å². The Morgan fingerprint density at radius 1 is 1.39 bits per heavy atom. The van der Waals surface area contributed by atoms with Crippen molar-refractivity contribution in [3.05, 3.63) is 0 Å². The lowest BCUT2D eigenvalue weighted by Crippen LogP contribution is -2.62. The third kappa shape index (κ3) is 3.99. The molecule has 1 aliphatic heterocycles. The summed E-state index contributed by atoms with van der Waals surface area (Å²) in [6.45, 7) is 10.5.